The van der Waals surface area contributed by atoms with Crippen molar-refractivity contribution >= 4 is 17.8 Å². The number of imidazole rings is 1. The van der Waals surface area contributed by atoms with Crippen LogP contribution in [0.3, 0.4) is 0 Å². The minimum atomic E-state index is -0.668. The summed E-state index contributed by atoms with van der Waals surface area (Å²) in [5.74, 6) is -0.151. The van der Waals surface area contributed by atoms with Gasteiger partial charge in [-0.05, 0) is 64.9 Å². The number of carbonyl (C=O) groups excluding carboxylic acids is 2. The third-order valence-corrected chi connectivity index (χ3v) is 8.91. The van der Waals surface area contributed by atoms with E-state index in [0.29, 0.717) is 24.0 Å². The highest BCUT2D eigenvalue weighted by Crippen LogP contribution is 2.41. The van der Waals surface area contributed by atoms with Crippen LogP contribution in [-0.2, 0) is 12.0 Å². The molecule has 5 nitrogen and oxygen atoms in total. The van der Waals surface area contributed by atoms with Crippen LogP contribution >= 0.6 is 0 Å². The van der Waals surface area contributed by atoms with E-state index < -0.39 is 5.54 Å². The number of benzene rings is 5. The molecule has 0 aliphatic heterocycles. The maximum Gasteiger partial charge on any atom is 0.251 e. The van der Waals surface area contributed by atoms with Crippen molar-refractivity contribution < 1.29 is 9.59 Å². The number of Topliss-reactive ketones (excluding diaryl/α,β-unsaturated/α-hetero) is 1. The van der Waals surface area contributed by atoms with Crippen LogP contribution < -0.4 is 5.32 Å². The highest BCUT2D eigenvalue weighted by Gasteiger charge is 2.38. The van der Waals surface area contributed by atoms with Crippen LogP contribution in [-0.4, -0.2) is 28.3 Å². The third-order valence-electron chi connectivity index (χ3n) is 8.91. The van der Waals surface area contributed by atoms with E-state index in [9.17, 15) is 9.59 Å². The molecular formula is C41H33N3O2. The molecule has 1 aliphatic rings. The predicted octanol–water partition coefficient (Wildman–Crippen LogP) is 7.96. The molecule has 1 amide bonds. The van der Waals surface area contributed by atoms with Crippen LogP contribution in [0.1, 0.15) is 55.0 Å². The first-order valence-corrected chi connectivity index (χ1v) is 15.5. The summed E-state index contributed by atoms with van der Waals surface area (Å²) in [4.78, 5) is 30.8. The molecule has 1 heterocycles. The maximum atomic E-state index is 13.6. The molecule has 0 unspecified atom stereocenters. The minimum absolute atomic E-state index is 0.00119. The number of aromatic nitrogens is 2. The lowest BCUT2D eigenvalue weighted by Crippen LogP contribution is -2.36. The summed E-state index contributed by atoms with van der Waals surface area (Å²) < 4.78 is 2.21. The van der Waals surface area contributed by atoms with Gasteiger partial charge in [0.05, 0.1) is 12.0 Å². The number of fused-ring (bicyclic) bond motifs is 1. The molecule has 0 spiro atoms. The second-order valence-corrected chi connectivity index (χ2v) is 11.5. The van der Waals surface area contributed by atoms with E-state index in [1.165, 1.54) is 0 Å². The van der Waals surface area contributed by atoms with E-state index in [0.717, 1.165) is 44.6 Å². The molecule has 5 aromatic carbocycles. The fourth-order valence-electron chi connectivity index (χ4n) is 6.68. The second-order valence-electron chi connectivity index (χ2n) is 11.5. The van der Waals surface area contributed by atoms with E-state index in [-0.39, 0.29) is 11.7 Å². The summed E-state index contributed by atoms with van der Waals surface area (Å²) in [5, 5.41) is 2.66. The van der Waals surface area contributed by atoms with E-state index in [4.69, 9.17) is 4.98 Å². The lowest BCUT2D eigenvalue weighted by Gasteiger charge is -2.37. The van der Waals surface area contributed by atoms with E-state index in [2.05, 4.69) is 94.9 Å². The Balaban J connectivity index is 1.33. The second kappa shape index (κ2) is 12.3. The third kappa shape index (κ3) is 5.06. The molecule has 0 saturated heterocycles. The zero-order chi connectivity index (χ0) is 31.5. The van der Waals surface area contributed by atoms with Gasteiger partial charge in [-0.2, -0.15) is 0 Å². The van der Waals surface area contributed by atoms with Gasteiger partial charge in [0.2, 0.25) is 0 Å². The van der Waals surface area contributed by atoms with Crippen molar-refractivity contribution in [1.29, 1.82) is 0 Å². The standard InChI is InChI=1S/C41H33N3O2/c1-42-40(46)32-23-24-37-30(26-32)21-22-31(39(37)45)25-29-13-11-12-20-36(29)38-27-44(28-43-38)41(33-14-5-2-6-15-33,34-16-7-3-8-17-34)35-18-9-4-10-19-35/h2-20,23-28H,21-22H2,1H3,(H,42,46)/b31-25+. The largest absolute Gasteiger partial charge is 0.355 e. The van der Waals surface area contributed by atoms with Crippen LogP contribution in [0.2, 0.25) is 0 Å². The Labute approximate surface area is 268 Å². The lowest BCUT2D eigenvalue weighted by atomic mass is 9.77. The summed E-state index contributed by atoms with van der Waals surface area (Å²) >= 11 is 0. The molecule has 1 N–H and O–H groups in total. The summed E-state index contributed by atoms with van der Waals surface area (Å²) in [6.45, 7) is 0. The molecule has 0 radical (unpaired) electrons. The number of rotatable bonds is 7. The Morgan fingerprint density at radius 3 is 1.93 bits per heavy atom. The molecule has 0 fully saturated rings. The van der Waals surface area contributed by atoms with E-state index in [1.54, 1.807) is 19.2 Å². The van der Waals surface area contributed by atoms with E-state index in [1.807, 2.05) is 54.9 Å². The van der Waals surface area contributed by atoms with Crippen molar-refractivity contribution in [2.45, 2.75) is 18.4 Å². The Kier molecular flexibility index (Phi) is 7.73. The molecule has 7 rings (SSSR count). The fourth-order valence-corrected chi connectivity index (χ4v) is 6.68. The van der Waals surface area contributed by atoms with Crippen molar-refractivity contribution in [3.63, 3.8) is 0 Å². The number of allylic oxidation sites excluding steroid dienone is 1. The Hall–Kier alpha value is -5.81. The SMILES string of the molecule is CNC(=O)c1ccc2c(c1)CC/C(=C\c1ccccc1-c1cn(C(c3ccccc3)(c3ccccc3)c3ccccc3)cn1)C2=O. The topological polar surface area (TPSA) is 64.0 Å². The fraction of sp³-hybridized carbons (Fsp3) is 0.0976. The summed E-state index contributed by atoms with van der Waals surface area (Å²) in [7, 11) is 1.61. The number of carbonyl (C=O) groups is 2. The van der Waals surface area contributed by atoms with Gasteiger partial charge in [0.25, 0.3) is 5.91 Å². The van der Waals surface area contributed by atoms with Gasteiger partial charge in [0.15, 0.2) is 5.78 Å². The lowest BCUT2D eigenvalue weighted by molar-refractivity contribution is 0.0960. The molecule has 0 bridgehead atoms. The zero-order valence-corrected chi connectivity index (χ0v) is 25.6. The Bertz CT molecular complexity index is 1960. The first kappa shape index (κ1) is 28.9. The monoisotopic (exact) mass is 599 g/mol. The predicted molar refractivity (Wildman–Crippen MR) is 183 cm³/mol. The molecule has 224 valence electrons. The quantitative estimate of drug-likeness (QED) is 0.150. The van der Waals surface area contributed by atoms with Crippen molar-refractivity contribution in [1.82, 2.24) is 14.9 Å². The van der Waals surface area contributed by atoms with Crippen LogP contribution in [0.25, 0.3) is 17.3 Å². The van der Waals surface area contributed by atoms with Crippen molar-refractivity contribution in [3.8, 4) is 11.3 Å². The molecule has 1 aromatic heterocycles. The summed E-state index contributed by atoms with van der Waals surface area (Å²) in [6, 6.07) is 45.0. The van der Waals surface area contributed by atoms with Gasteiger partial charge in [-0.1, -0.05) is 115 Å². The van der Waals surface area contributed by atoms with Crippen molar-refractivity contribution in [2.75, 3.05) is 7.05 Å². The number of nitrogens with zero attached hydrogens (tertiary/aromatic N) is 2. The van der Waals surface area contributed by atoms with Gasteiger partial charge in [-0.25, -0.2) is 4.98 Å². The first-order valence-electron chi connectivity index (χ1n) is 15.5. The van der Waals surface area contributed by atoms with E-state index >= 15 is 0 Å². The molecule has 46 heavy (non-hydrogen) atoms. The summed E-state index contributed by atoms with van der Waals surface area (Å²) in [6.07, 6.45) is 7.33. The number of hydrogen-bond acceptors (Lipinski definition) is 3. The number of amides is 1. The van der Waals surface area contributed by atoms with Crippen LogP contribution in [0.4, 0.5) is 0 Å². The van der Waals surface area contributed by atoms with Gasteiger partial charge in [0, 0.05) is 35.5 Å². The molecule has 5 heteroatoms. The normalized spacial score (nSPS) is 13.8. The van der Waals surface area contributed by atoms with Gasteiger partial charge >= 0.3 is 0 Å². The van der Waals surface area contributed by atoms with Crippen molar-refractivity contribution in [3.05, 3.63) is 191 Å². The molecule has 0 atom stereocenters. The van der Waals surface area contributed by atoms with Crippen molar-refractivity contribution in [2.24, 2.45) is 0 Å². The number of nitrogens with one attached hydrogen (secondary N) is 1. The number of hydrogen-bond donors (Lipinski definition) is 1. The molecular weight excluding hydrogens is 566 g/mol. The molecule has 0 saturated carbocycles. The average Bonchev–Trinajstić information content (AvgIpc) is 3.61. The Morgan fingerprint density at radius 2 is 1.33 bits per heavy atom. The van der Waals surface area contributed by atoms with Gasteiger partial charge in [-0.3, -0.25) is 9.59 Å². The minimum Gasteiger partial charge on any atom is -0.355 e. The average molecular weight is 600 g/mol. The van der Waals surface area contributed by atoms with Crippen LogP contribution in [0, 0.1) is 0 Å². The van der Waals surface area contributed by atoms with Gasteiger partial charge < -0.3 is 9.88 Å². The zero-order valence-electron chi connectivity index (χ0n) is 25.6. The van der Waals surface area contributed by atoms with Crippen LogP contribution in [0.15, 0.2) is 152 Å². The van der Waals surface area contributed by atoms with Gasteiger partial charge in [-0.15, -0.1) is 0 Å². The Morgan fingerprint density at radius 1 is 0.739 bits per heavy atom. The first-order chi connectivity index (χ1) is 22.6. The smallest absolute Gasteiger partial charge is 0.251 e. The highest BCUT2D eigenvalue weighted by atomic mass is 16.1. The highest BCUT2D eigenvalue weighted by molar-refractivity contribution is 6.14. The molecule has 1 aliphatic carbocycles. The molecule has 6 aromatic rings. The number of ketones is 1. The summed E-state index contributed by atoms with van der Waals surface area (Å²) in [5.41, 5.74) is 8.29. The van der Waals surface area contributed by atoms with Gasteiger partial charge in [0.1, 0.15) is 5.54 Å². The van der Waals surface area contributed by atoms with Crippen LogP contribution in [0.5, 0.6) is 0 Å². The maximum absolute atomic E-state index is 13.6. The number of aryl methyl sites for hydroxylation is 1.